The third-order valence-corrected chi connectivity index (χ3v) is 6.47. The molecule has 8 heteroatoms. The molecule has 0 bridgehead atoms. The van der Waals surface area contributed by atoms with Crippen molar-refractivity contribution in [3.8, 4) is 5.75 Å². The molecule has 0 saturated carbocycles. The number of sulfonamides is 1. The Kier molecular flexibility index (Phi) is 6.91. The number of aryl methyl sites for hydroxylation is 1. The maximum absolute atomic E-state index is 12.9. The smallest absolute Gasteiger partial charge is 0.259 e. The molecule has 3 rings (SSSR count). The van der Waals surface area contributed by atoms with E-state index >= 15 is 0 Å². The SMILES string of the molecule is CNS(=O)(=O)c1cc(NC(=O)c2ccccc2OCc2cccc(Br)c2)ccc1C. The van der Waals surface area contributed by atoms with Crippen LogP contribution in [0.2, 0.25) is 0 Å². The molecule has 0 atom stereocenters. The van der Waals surface area contributed by atoms with Crippen LogP contribution in [0.5, 0.6) is 5.75 Å². The molecule has 3 aromatic carbocycles. The van der Waals surface area contributed by atoms with Crippen molar-refractivity contribution in [2.45, 2.75) is 18.4 Å². The van der Waals surface area contributed by atoms with Crippen LogP contribution in [0.3, 0.4) is 0 Å². The van der Waals surface area contributed by atoms with E-state index in [1.54, 1.807) is 43.3 Å². The predicted octanol–water partition coefficient (Wildman–Crippen LogP) is 4.50. The van der Waals surface area contributed by atoms with Crippen LogP contribution in [0.15, 0.2) is 76.1 Å². The van der Waals surface area contributed by atoms with Crippen molar-refractivity contribution >= 4 is 37.5 Å². The minimum absolute atomic E-state index is 0.113. The lowest BCUT2D eigenvalue weighted by Gasteiger charge is -2.13. The van der Waals surface area contributed by atoms with Crippen molar-refractivity contribution < 1.29 is 17.9 Å². The molecule has 0 fully saturated rings. The number of para-hydroxylation sites is 1. The fourth-order valence-corrected chi connectivity index (χ4v) is 4.28. The van der Waals surface area contributed by atoms with Crippen LogP contribution in [0, 0.1) is 6.92 Å². The van der Waals surface area contributed by atoms with Gasteiger partial charge in [0.2, 0.25) is 10.0 Å². The van der Waals surface area contributed by atoms with E-state index in [0.29, 0.717) is 29.2 Å². The van der Waals surface area contributed by atoms with E-state index in [4.69, 9.17) is 4.74 Å². The van der Waals surface area contributed by atoms with Gasteiger partial charge in [0, 0.05) is 10.2 Å². The molecule has 0 spiro atoms. The van der Waals surface area contributed by atoms with Crippen LogP contribution in [-0.2, 0) is 16.6 Å². The summed E-state index contributed by atoms with van der Waals surface area (Å²) in [5.41, 5.74) is 2.27. The highest BCUT2D eigenvalue weighted by molar-refractivity contribution is 9.10. The van der Waals surface area contributed by atoms with E-state index in [9.17, 15) is 13.2 Å². The standard InChI is InChI=1S/C22H21BrN2O4S/c1-15-10-11-18(13-21(15)30(27,28)24-2)25-22(26)19-8-3-4-9-20(19)29-14-16-6-5-7-17(23)12-16/h3-13,24H,14H2,1-2H3,(H,25,26). The molecule has 6 nitrogen and oxygen atoms in total. The average Bonchev–Trinajstić information content (AvgIpc) is 2.73. The first kappa shape index (κ1) is 22.0. The van der Waals surface area contributed by atoms with E-state index in [0.717, 1.165) is 10.0 Å². The minimum atomic E-state index is -3.63. The Labute approximate surface area is 184 Å². The minimum Gasteiger partial charge on any atom is -0.488 e. The van der Waals surface area contributed by atoms with Gasteiger partial charge in [-0.05, 0) is 61.5 Å². The summed E-state index contributed by atoms with van der Waals surface area (Å²) in [4.78, 5) is 13.0. The molecule has 0 aromatic heterocycles. The molecule has 0 aliphatic heterocycles. The van der Waals surface area contributed by atoms with Gasteiger partial charge in [0.15, 0.2) is 0 Å². The molecule has 3 aromatic rings. The van der Waals surface area contributed by atoms with Gasteiger partial charge in [-0.2, -0.15) is 0 Å². The lowest BCUT2D eigenvalue weighted by atomic mass is 10.1. The Bertz CT molecular complexity index is 1180. The maximum Gasteiger partial charge on any atom is 0.259 e. The first-order chi connectivity index (χ1) is 14.3. The number of carbonyl (C=O) groups is 1. The predicted molar refractivity (Wildman–Crippen MR) is 120 cm³/mol. The van der Waals surface area contributed by atoms with Crippen LogP contribution in [0.4, 0.5) is 5.69 Å². The largest absolute Gasteiger partial charge is 0.488 e. The highest BCUT2D eigenvalue weighted by Crippen LogP contribution is 2.24. The van der Waals surface area contributed by atoms with Gasteiger partial charge in [-0.25, -0.2) is 13.1 Å². The molecular weight excluding hydrogens is 468 g/mol. The number of hydrogen-bond acceptors (Lipinski definition) is 4. The lowest BCUT2D eigenvalue weighted by molar-refractivity contribution is 0.102. The topological polar surface area (TPSA) is 84.5 Å². The number of anilines is 1. The molecular formula is C22H21BrN2O4S. The number of ether oxygens (including phenoxy) is 1. The molecule has 2 N–H and O–H groups in total. The Morgan fingerprint density at radius 3 is 2.53 bits per heavy atom. The van der Waals surface area contributed by atoms with Gasteiger partial charge in [-0.1, -0.05) is 46.3 Å². The zero-order valence-corrected chi connectivity index (χ0v) is 18.9. The van der Waals surface area contributed by atoms with Crippen LogP contribution in [-0.4, -0.2) is 21.4 Å². The molecule has 0 radical (unpaired) electrons. The van der Waals surface area contributed by atoms with Crippen molar-refractivity contribution in [1.29, 1.82) is 0 Å². The molecule has 30 heavy (non-hydrogen) atoms. The number of nitrogens with one attached hydrogen (secondary N) is 2. The summed E-state index contributed by atoms with van der Waals surface area (Å²) in [5, 5.41) is 2.75. The number of halogens is 1. The quantitative estimate of drug-likeness (QED) is 0.512. The van der Waals surface area contributed by atoms with Gasteiger partial charge in [0.05, 0.1) is 10.5 Å². The third kappa shape index (κ3) is 5.27. The van der Waals surface area contributed by atoms with Crippen LogP contribution < -0.4 is 14.8 Å². The number of hydrogen-bond donors (Lipinski definition) is 2. The maximum atomic E-state index is 12.9. The highest BCUT2D eigenvalue weighted by atomic mass is 79.9. The second-order valence-electron chi connectivity index (χ2n) is 6.56. The molecule has 0 aliphatic rings. The lowest BCUT2D eigenvalue weighted by Crippen LogP contribution is -2.20. The Balaban J connectivity index is 1.80. The second-order valence-corrected chi connectivity index (χ2v) is 9.33. The third-order valence-electron chi connectivity index (χ3n) is 4.42. The molecule has 0 heterocycles. The first-order valence-corrected chi connectivity index (χ1v) is 11.4. The van der Waals surface area contributed by atoms with Crippen LogP contribution >= 0.6 is 15.9 Å². The number of carbonyl (C=O) groups excluding carboxylic acids is 1. The fraction of sp³-hybridized carbons (Fsp3) is 0.136. The van der Waals surface area contributed by atoms with Gasteiger partial charge < -0.3 is 10.1 Å². The first-order valence-electron chi connectivity index (χ1n) is 9.12. The summed E-state index contributed by atoms with van der Waals surface area (Å²) in [7, 11) is -2.29. The summed E-state index contributed by atoms with van der Waals surface area (Å²) < 4.78 is 33.5. The normalized spacial score (nSPS) is 11.2. The zero-order valence-electron chi connectivity index (χ0n) is 16.5. The van der Waals surface area contributed by atoms with E-state index in [1.165, 1.54) is 13.1 Å². The van der Waals surface area contributed by atoms with Gasteiger partial charge in [0.1, 0.15) is 12.4 Å². The summed E-state index contributed by atoms with van der Waals surface area (Å²) in [6.45, 7) is 2.00. The summed E-state index contributed by atoms with van der Waals surface area (Å²) in [5.74, 6) is 0.0432. The van der Waals surface area contributed by atoms with E-state index in [1.807, 2.05) is 24.3 Å². The number of benzene rings is 3. The van der Waals surface area contributed by atoms with Crippen LogP contribution in [0.25, 0.3) is 0 Å². The van der Waals surface area contributed by atoms with Gasteiger partial charge >= 0.3 is 0 Å². The van der Waals surface area contributed by atoms with E-state index in [2.05, 4.69) is 26.0 Å². The Morgan fingerprint density at radius 1 is 1.03 bits per heavy atom. The van der Waals surface area contributed by atoms with Gasteiger partial charge in [0.25, 0.3) is 5.91 Å². The highest BCUT2D eigenvalue weighted by Gasteiger charge is 2.17. The van der Waals surface area contributed by atoms with Crippen molar-refractivity contribution in [2.75, 3.05) is 12.4 Å². The van der Waals surface area contributed by atoms with Crippen molar-refractivity contribution in [1.82, 2.24) is 4.72 Å². The van der Waals surface area contributed by atoms with E-state index < -0.39 is 15.9 Å². The van der Waals surface area contributed by atoms with Crippen molar-refractivity contribution in [3.63, 3.8) is 0 Å². The molecule has 0 saturated heterocycles. The van der Waals surface area contributed by atoms with Crippen LogP contribution in [0.1, 0.15) is 21.5 Å². The summed E-state index contributed by atoms with van der Waals surface area (Å²) in [6, 6.07) is 19.4. The molecule has 1 amide bonds. The van der Waals surface area contributed by atoms with Gasteiger partial charge in [-0.3, -0.25) is 4.79 Å². The number of rotatable bonds is 7. The molecule has 0 unspecified atom stereocenters. The number of amides is 1. The van der Waals surface area contributed by atoms with Crippen molar-refractivity contribution in [2.24, 2.45) is 0 Å². The Morgan fingerprint density at radius 2 is 1.80 bits per heavy atom. The average molecular weight is 489 g/mol. The van der Waals surface area contributed by atoms with Crippen molar-refractivity contribution in [3.05, 3.63) is 87.9 Å². The monoisotopic (exact) mass is 488 g/mol. The Hall–Kier alpha value is -2.68. The summed E-state index contributed by atoms with van der Waals surface area (Å²) >= 11 is 3.43. The fourth-order valence-electron chi connectivity index (χ4n) is 2.84. The zero-order chi connectivity index (χ0) is 21.7. The molecule has 0 aliphatic carbocycles. The van der Waals surface area contributed by atoms with E-state index in [-0.39, 0.29) is 4.90 Å². The van der Waals surface area contributed by atoms with Gasteiger partial charge in [-0.15, -0.1) is 0 Å². The second kappa shape index (κ2) is 9.42. The summed E-state index contributed by atoms with van der Waals surface area (Å²) in [6.07, 6.45) is 0. The molecule has 156 valence electrons.